The Morgan fingerprint density at radius 2 is 2.40 bits per heavy atom. The van der Waals surface area contributed by atoms with E-state index < -0.39 is 0 Å². The van der Waals surface area contributed by atoms with E-state index in [-0.39, 0.29) is 11.4 Å². The molecule has 1 unspecified atom stereocenters. The maximum atomic E-state index is 11.7. The molecule has 1 N–H and O–H groups in total. The Balaban J connectivity index is 2.03. The molecule has 0 aliphatic carbocycles. The van der Waals surface area contributed by atoms with Crippen LogP contribution in [0.1, 0.15) is 23.9 Å². The van der Waals surface area contributed by atoms with Gasteiger partial charge in [-0.1, -0.05) is 0 Å². The molecule has 2 heterocycles. The van der Waals surface area contributed by atoms with Gasteiger partial charge in [0.1, 0.15) is 0 Å². The van der Waals surface area contributed by atoms with Crippen LogP contribution in [0.15, 0.2) is 21.2 Å². The molecule has 0 bridgehead atoms. The number of rotatable bonds is 2. The Morgan fingerprint density at radius 1 is 1.60 bits per heavy atom. The molecular formula is C10H12BrNO3. The predicted molar refractivity (Wildman–Crippen MR) is 57.7 cm³/mol. The van der Waals surface area contributed by atoms with Crippen molar-refractivity contribution in [3.05, 3.63) is 22.6 Å². The van der Waals surface area contributed by atoms with Crippen molar-refractivity contribution in [1.82, 2.24) is 5.32 Å². The predicted octanol–water partition coefficient (Wildman–Crippen LogP) is 1.95. The molecule has 4 nitrogen and oxygen atoms in total. The summed E-state index contributed by atoms with van der Waals surface area (Å²) in [6, 6.07) is 3.33. The highest BCUT2D eigenvalue weighted by Crippen LogP contribution is 2.19. The number of halogens is 1. The van der Waals surface area contributed by atoms with Crippen molar-refractivity contribution >= 4 is 21.8 Å². The average Bonchev–Trinajstić information content (AvgIpc) is 2.75. The van der Waals surface area contributed by atoms with Crippen molar-refractivity contribution in [2.45, 2.75) is 18.9 Å². The Labute approximate surface area is 96.1 Å². The molecule has 1 aliphatic rings. The highest BCUT2D eigenvalue weighted by atomic mass is 79.9. The normalized spacial score (nSPS) is 25.5. The fraction of sp³-hybridized carbons (Fsp3) is 0.500. The number of furan rings is 1. The second-order valence-corrected chi connectivity index (χ2v) is 4.70. The van der Waals surface area contributed by atoms with Crippen molar-refractivity contribution in [2.75, 3.05) is 13.2 Å². The fourth-order valence-electron chi connectivity index (χ4n) is 1.54. The smallest absolute Gasteiger partial charge is 0.287 e. The maximum Gasteiger partial charge on any atom is 0.287 e. The zero-order chi connectivity index (χ0) is 10.9. The molecule has 1 saturated heterocycles. The van der Waals surface area contributed by atoms with E-state index in [0.29, 0.717) is 23.6 Å². The number of carbonyl (C=O) groups is 1. The zero-order valence-electron chi connectivity index (χ0n) is 8.38. The lowest BCUT2D eigenvalue weighted by Crippen LogP contribution is -2.46. The molecule has 1 amide bonds. The van der Waals surface area contributed by atoms with E-state index in [1.54, 1.807) is 12.1 Å². The summed E-state index contributed by atoms with van der Waals surface area (Å²) in [5, 5.41) is 2.91. The minimum Gasteiger partial charge on any atom is -0.444 e. The van der Waals surface area contributed by atoms with Crippen LogP contribution in [0.5, 0.6) is 0 Å². The van der Waals surface area contributed by atoms with Crippen LogP contribution in [0.2, 0.25) is 0 Å². The Kier molecular flexibility index (Phi) is 2.84. The van der Waals surface area contributed by atoms with Gasteiger partial charge < -0.3 is 14.5 Å². The number of hydrogen-bond acceptors (Lipinski definition) is 3. The van der Waals surface area contributed by atoms with Crippen LogP contribution in [-0.4, -0.2) is 24.7 Å². The average molecular weight is 274 g/mol. The van der Waals surface area contributed by atoms with Gasteiger partial charge in [-0.15, -0.1) is 0 Å². The van der Waals surface area contributed by atoms with E-state index in [9.17, 15) is 4.79 Å². The van der Waals surface area contributed by atoms with Gasteiger partial charge in [0.2, 0.25) is 0 Å². The van der Waals surface area contributed by atoms with Crippen LogP contribution in [0.3, 0.4) is 0 Å². The van der Waals surface area contributed by atoms with Gasteiger partial charge in [-0.25, -0.2) is 0 Å². The largest absolute Gasteiger partial charge is 0.444 e. The minimum atomic E-state index is -0.268. The summed E-state index contributed by atoms with van der Waals surface area (Å²) in [5.41, 5.74) is -0.268. The quantitative estimate of drug-likeness (QED) is 0.896. The first-order valence-corrected chi connectivity index (χ1v) is 5.54. The van der Waals surface area contributed by atoms with Crippen molar-refractivity contribution in [3.8, 4) is 0 Å². The third kappa shape index (κ3) is 2.41. The van der Waals surface area contributed by atoms with Crippen LogP contribution in [0.25, 0.3) is 0 Å². The molecule has 5 heteroatoms. The molecule has 0 spiro atoms. The van der Waals surface area contributed by atoms with E-state index in [4.69, 9.17) is 9.15 Å². The van der Waals surface area contributed by atoms with Crippen molar-refractivity contribution < 1.29 is 13.9 Å². The van der Waals surface area contributed by atoms with Crippen LogP contribution in [0.4, 0.5) is 0 Å². The molecule has 1 aliphatic heterocycles. The van der Waals surface area contributed by atoms with E-state index >= 15 is 0 Å². The number of amides is 1. The van der Waals surface area contributed by atoms with E-state index in [1.807, 2.05) is 6.92 Å². The molecule has 15 heavy (non-hydrogen) atoms. The van der Waals surface area contributed by atoms with E-state index in [1.165, 1.54) is 0 Å². The molecule has 1 aromatic rings. The number of nitrogens with one attached hydrogen (secondary N) is 1. The zero-order valence-corrected chi connectivity index (χ0v) is 9.96. The van der Waals surface area contributed by atoms with Crippen molar-refractivity contribution in [1.29, 1.82) is 0 Å². The number of hydrogen-bond donors (Lipinski definition) is 1. The van der Waals surface area contributed by atoms with Crippen molar-refractivity contribution in [2.24, 2.45) is 0 Å². The van der Waals surface area contributed by atoms with Crippen LogP contribution >= 0.6 is 15.9 Å². The monoisotopic (exact) mass is 273 g/mol. The fourth-order valence-corrected chi connectivity index (χ4v) is 1.84. The first-order chi connectivity index (χ1) is 7.09. The molecule has 0 saturated carbocycles. The van der Waals surface area contributed by atoms with Gasteiger partial charge >= 0.3 is 0 Å². The molecule has 1 fully saturated rings. The van der Waals surface area contributed by atoms with E-state index in [0.717, 1.165) is 6.42 Å². The molecule has 0 aromatic carbocycles. The van der Waals surface area contributed by atoms with Gasteiger partial charge in [0.25, 0.3) is 5.91 Å². The molecule has 1 aromatic heterocycles. The first-order valence-electron chi connectivity index (χ1n) is 4.75. The Morgan fingerprint density at radius 3 is 2.93 bits per heavy atom. The van der Waals surface area contributed by atoms with E-state index in [2.05, 4.69) is 21.2 Å². The summed E-state index contributed by atoms with van der Waals surface area (Å²) in [6.07, 6.45) is 0.834. The summed E-state index contributed by atoms with van der Waals surface area (Å²) in [5.74, 6) is 0.115. The third-order valence-corrected chi connectivity index (χ3v) is 2.86. The molecule has 0 radical (unpaired) electrons. The highest BCUT2D eigenvalue weighted by molar-refractivity contribution is 9.10. The summed E-state index contributed by atoms with van der Waals surface area (Å²) < 4.78 is 11.0. The molecule has 82 valence electrons. The summed E-state index contributed by atoms with van der Waals surface area (Å²) >= 11 is 3.16. The lowest BCUT2D eigenvalue weighted by molar-refractivity contribution is 0.0860. The summed E-state index contributed by atoms with van der Waals surface area (Å²) in [7, 11) is 0. The van der Waals surface area contributed by atoms with Gasteiger partial charge in [-0.3, -0.25) is 4.79 Å². The summed E-state index contributed by atoms with van der Waals surface area (Å²) in [4.78, 5) is 11.7. The lowest BCUT2D eigenvalue weighted by Gasteiger charge is -2.22. The minimum absolute atomic E-state index is 0.200. The molecule has 1 atom stereocenters. The van der Waals surface area contributed by atoms with Gasteiger partial charge in [-0.2, -0.15) is 0 Å². The third-order valence-electron chi connectivity index (χ3n) is 2.43. The summed E-state index contributed by atoms with van der Waals surface area (Å²) in [6.45, 7) is 3.22. The van der Waals surface area contributed by atoms with Gasteiger partial charge in [0.15, 0.2) is 10.4 Å². The van der Waals surface area contributed by atoms with Crippen LogP contribution < -0.4 is 5.32 Å². The second kappa shape index (κ2) is 3.98. The van der Waals surface area contributed by atoms with Crippen LogP contribution in [0, 0.1) is 0 Å². The number of ether oxygens (including phenoxy) is 1. The lowest BCUT2D eigenvalue weighted by atomic mass is 10.0. The standard InChI is InChI=1S/C10H12BrNO3/c1-10(4-5-14-6-10)12-9(13)7-2-3-8(11)15-7/h2-3H,4-6H2,1H3,(H,12,13). The van der Waals surface area contributed by atoms with Crippen LogP contribution in [-0.2, 0) is 4.74 Å². The second-order valence-electron chi connectivity index (χ2n) is 3.92. The Hall–Kier alpha value is -0.810. The van der Waals surface area contributed by atoms with Gasteiger partial charge in [0.05, 0.1) is 12.1 Å². The van der Waals surface area contributed by atoms with Gasteiger partial charge in [0, 0.05) is 6.61 Å². The molecular weight excluding hydrogens is 262 g/mol. The topological polar surface area (TPSA) is 51.5 Å². The maximum absolute atomic E-state index is 11.7. The molecule has 2 rings (SSSR count). The Bertz CT molecular complexity index is 368. The SMILES string of the molecule is CC1(NC(=O)c2ccc(Br)o2)CCOC1. The number of carbonyl (C=O) groups excluding carboxylic acids is 1. The van der Waals surface area contributed by atoms with Gasteiger partial charge in [-0.05, 0) is 41.4 Å². The first kappa shape index (κ1) is 10.7. The highest BCUT2D eigenvalue weighted by Gasteiger charge is 2.32. The van der Waals surface area contributed by atoms with Crippen molar-refractivity contribution in [3.63, 3.8) is 0 Å².